The van der Waals surface area contributed by atoms with Crippen LogP contribution in [-0.4, -0.2) is 98.9 Å². The third-order valence-corrected chi connectivity index (χ3v) is 11.7. The summed E-state index contributed by atoms with van der Waals surface area (Å²) in [6.07, 6.45) is 42.2. The highest BCUT2D eigenvalue weighted by atomic mass is 31.2. The van der Waals surface area contributed by atoms with Crippen LogP contribution in [0.15, 0.2) is 85.1 Å². The van der Waals surface area contributed by atoms with E-state index in [2.05, 4.69) is 98.9 Å². The summed E-state index contributed by atoms with van der Waals surface area (Å²) in [6, 6.07) is 0. The average Bonchev–Trinajstić information content (AvgIpc) is 3.28. The number of allylic oxidation sites excluding steroid dienone is 14. The van der Waals surface area contributed by atoms with Gasteiger partial charge in [0, 0.05) is 13.0 Å². The lowest BCUT2D eigenvalue weighted by atomic mass is 9.85. The minimum absolute atomic E-state index is 0.0936. The highest BCUT2D eigenvalue weighted by molar-refractivity contribution is 7.47. The topological polar surface area (TPSA) is 192 Å². The van der Waals surface area contributed by atoms with Crippen molar-refractivity contribution >= 4 is 13.8 Å². The van der Waals surface area contributed by atoms with E-state index in [0.717, 1.165) is 135 Å². The van der Waals surface area contributed by atoms with Crippen LogP contribution < -0.4 is 0 Å². The zero-order chi connectivity index (χ0) is 46.9. The first-order valence-corrected chi connectivity index (χ1v) is 25.9. The molecule has 6 atom stereocenters. The third kappa shape index (κ3) is 32.2. The number of unbranched alkanes of at least 4 members (excludes halogenated alkanes) is 14. The second-order valence-electron chi connectivity index (χ2n) is 16.6. The zero-order valence-electron chi connectivity index (χ0n) is 39.3. The number of carbonyl (C=O) groups excluding carboxylic acids is 1. The zero-order valence-corrected chi connectivity index (χ0v) is 40.2. The number of ether oxygens (including phenoxy) is 2. The second-order valence-corrected chi connectivity index (χ2v) is 18.0. The van der Waals surface area contributed by atoms with Gasteiger partial charge in [-0.25, -0.2) is 4.57 Å². The predicted molar refractivity (Wildman–Crippen MR) is 258 cm³/mol. The number of phosphoric acid groups is 1. The van der Waals surface area contributed by atoms with Crippen LogP contribution in [0.5, 0.6) is 0 Å². The lowest BCUT2D eigenvalue weighted by molar-refractivity contribution is -0.220. The molecule has 0 amide bonds. The Balaban J connectivity index is 2.37. The molecule has 0 saturated heterocycles. The van der Waals surface area contributed by atoms with Gasteiger partial charge in [0.15, 0.2) is 0 Å². The van der Waals surface area contributed by atoms with Crippen molar-refractivity contribution in [1.82, 2.24) is 0 Å². The molecule has 1 aliphatic carbocycles. The van der Waals surface area contributed by atoms with Crippen LogP contribution in [0, 0.1) is 0 Å². The maximum absolute atomic E-state index is 12.8. The number of carbonyl (C=O) groups is 1. The van der Waals surface area contributed by atoms with Crippen LogP contribution in [0.2, 0.25) is 0 Å². The van der Waals surface area contributed by atoms with E-state index in [1.807, 2.05) is 0 Å². The Morgan fingerprint density at radius 3 is 1.41 bits per heavy atom. The van der Waals surface area contributed by atoms with E-state index in [4.69, 9.17) is 18.5 Å². The maximum atomic E-state index is 12.8. The average molecular weight is 923 g/mol. The summed E-state index contributed by atoms with van der Waals surface area (Å²) < 4.78 is 34.2. The molecule has 6 N–H and O–H groups in total. The summed E-state index contributed by atoms with van der Waals surface area (Å²) in [7, 11) is -5.03. The molecule has 0 aromatic rings. The molecule has 12 nitrogen and oxygen atoms in total. The molecule has 1 saturated carbocycles. The quantitative estimate of drug-likeness (QED) is 0.0148. The molecule has 13 heteroatoms. The van der Waals surface area contributed by atoms with E-state index in [9.17, 15) is 39.8 Å². The summed E-state index contributed by atoms with van der Waals surface area (Å²) >= 11 is 0. The highest BCUT2D eigenvalue weighted by Gasteiger charge is 2.51. The molecule has 1 rings (SSSR count). The van der Waals surface area contributed by atoms with Crippen molar-refractivity contribution in [3.8, 4) is 0 Å². The van der Waals surface area contributed by atoms with Gasteiger partial charge in [0.2, 0.25) is 0 Å². The number of aliphatic hydroxyl groups is 5. The van der Waals surface area contributed by atoms with E-state index < -0.39 is 63.1 Å². The van der Waals surface area contributed by atoms with Crippen molar-refractivity contribution in [3.63, 3.8) is 0 Å². The van der Waals surface area contributed by atoms with E-state index in [-0.39, 0.29) is 13.0 Å². The summed E-state index contributed by atoms with van der Waals surface area (Å²) in [5.74, 6) is -0.496. The Morgan fingerprint density at radius 1 is 0.516 bits per heavy atom. The Kier molecular flexibility index (Phi) is 37.9. The van der Waals surface area contributed by atoms with Crippen molar-refractivity contribution in [2.24, 2.45) is 0 Å². The number of hydrogen-bond acceptors (Lipinski definition) is 11. The second kappa shape index (κ2) is 40.8. The minimum Gasteiger partial charge on any atom is -0.457 e. The maximum Gasteiger partial charge on any atom is 0.472 e. The number of aliphatic hydroxyl groups excluding tert-OH is 5. The fourth-order valence-electron chi connectivity index (χ4n) is 6.89. The fourth-order valence-corrected chi connectivity index (χ4v) is 7.86. The van der Waals surface area contributed by atoms with Crippen molar-refractivity contribution in [3.05, 3.63) is 85.1 Å². The van der Waals surface area contributed by atoms with Crippen molar-refractivity contribution in [1.29, 1.82) is 0 Å². The third-order valence-electron chi connectivity index (χ3n) is 10.7. The van der Waals surface area contributed by atoms with Gasteiger partial charge in [-0.1, -0.05) is 163 Å². The molecule has 0 bridgehead atoms. The van der Waals surface area contributed by atoms with Crippen LogP contribution in [-0.2, 0) is 27.9 Å². The van der Waals surface area contributed by atoms with Crippen LogP contribution in [0.1, 0.15) is 168 Å². The van der Waals surface area contributed by atoms with Crippen LogP contribution in [0.4, 0.5) is 0 Å². The molecular formula is C51H87O12P. The van der Waals surface area contributed by atoms with E-state index >= 15 is 0 Å². The van der Waals surface area contributed by atoms with Crippen LogP contribution in [0.3, 0.4) is 0 Å². The van der Waals surface area contributed by atoms with Crippen molar-refractivity contribution < 1.29 is 58.3 Å². The van der Waals surface area contributed by atoms with Gasteiger partial charge in [0.05, 0.1) is 13.2 Å². The van der Waals surface area contributed by atoms with Crippen molar-refractivity contribution in [2.45, 2.75) is 211 Å². The van der Waals surface area contributed by atoms with E-state index in [0.29, 0.717) is 13.0 Å². The fraction of sp³-hybridized carbons (Fsp3) is 0.706. The molecule has 368 valence electrons. The Labute approximate surface area is 386 Å². The van der Waals surface area contributed by atoms with E-state index in [1.165, 1.54) is 6.42 Å². The Hall–Kier alpha value is -2.48. The molecule has 6 unspecified atom stereocenters. The first-order valence-electron chi connectivity index (χ1n) is 24.4. The molecule has 1 fully saturated rings. The molecule has 0 heterocycles. The molecular weight excluding hydrogens is 836 g/mol. The van der Waals surface area contributed by atoms with Gasteiger partial charge in [-0.3, -0.25) is 13.8 Å². The first-order chi connectivity index (χ1) is 31.0. The van der Waals surface area contributed by atoms with Gasteiger partial charge < -0.3 is 39.9 Å². The van der Waals surface area contributed by atoms with Gasteiger partial charge in [-0.05, 0) is 83.5 Å². The molecule has 64 heavy (non-hydrogen) atoms. The first kappa shape index (κ1) is 59.5. The highest BCUT2D eigenvalue weighted by Crippen LogP contribution is 2.47. The molecule has 0 radical (unpaired) electrons. The largest absolute Gasteiger partial charge is 0.472 e. The smallest absolute Gasteiger partial charge is 0.457 e. The molecule has 0 aromatic heterocycles. The summed E-state index contributed by atoms with van der Waals surface area (Å²) in [5.41, 5.74) is 0. The summed E-state index contributed by atoms with van der Waals surface area (Å²) in [4.78, 5) is 23.2. The monoisotopic (exact) mass is 923 g/mol. The molecule has 0 aromatic carbocycles. The van der Waals surface area contributed by atoms with Gasteiger partial charge in [0.25, 0.3) is 0 Å². The normalized spacial score (nSPS) is 22.4. The van der Waals surface area contributed by atoms with E-state index in [1.54, 1.807) is 0 Å². The predicted octanol–water partition coefficient (Wildman–Crippen LogP) is 10.5. The van der Waals surface area contributed by atoms with Gasteiger partial charge in [-0.2, -0.15) is 0 Å². The van der Waals surface area contributed by atoms with Crippen LogP contribution in [0.25, 0.3) is 0 Å². The lowest BCUT2D eigenvalue weighted by Crippen LogP contribution is -2.64. The standard InChI is InChI=1S/C51H87O12P/c1-3-5-7-9-11-13-15-17-19-20-21-22-23-24-25-26-27-28-30-32-34-36-38-40-45(52)62-44(42-60-41-39-37-35-33-31-29-18-16-14-12-10-8-6-4-2)43-61-64(58,59)63-51-49(56)47(54)46(53)48(55)50(51)57/h5,7-8,10-11,13-14,16-17,19,21-22,24-25,44,46-51,53-57H,3-4,6,9,12,15,18,20,23,26-43H2,1-2H3,(H,58,59)/b7-5-,10-8-,13-11-,16-14-,19-17-,22-21-,25-24-. The Bertz CT molecular complexity index is 1380. The Morgan fingerprint density at radius 2 is 0.922 bits per heavy atom. The van der Waals surface area contributed by atoms with Crippen LogP contribution >= 0.6 is 7.82 Å². The number of esters is 1. The van der Waals surface area contributed by atoms with Gasteiger partial charge >= 0.3 is 13.8 Å². The number of rotatable bonds is 40. The minimum atomic E-state index is -5.03. The molecule has 0 spiro atoms. The number of hydrogen-bond donors (Lipinski definition) is 6. The number of phosphoric ester groups is 1. The molecule has 1 aliphatic rings. The lowest BCUT2D eigenvalue weighted by Gasteiger charge is -2.41. The SMILES string of the molecule is CC/C=C\C/C=C\C/C=C\C/C=C\C/C=C\CCCCCCCCCC(=O)OC(COCCCCCCCC/C=C\C/C=C\CCC)COP(=O)(O)OC1C(O)C(O)C(O)C(O)C1O. The van der Waals surface area contributed by atoms with Gasteiger partial charge in [-0.15, -0.1) is 0 Å². The summed E-state index contributed by atoms with van der Waals surface area (Å²) in [5, 5.41) is 50.2. The molecule has 0 aliphatic heterocycles. The summed E-state index contributed by atoms with van der Waals surface area (Å²) in [6.45, 7) is 4.04. The van der Waals surface area contributed by atoms with Gasteiger partial charge in [0.1, 0.15) is 42.7 Å². The van der Waals surface area contributed by atoms with Crippen molar-refractivity contribution in [2.75, 3.05) is 19.8 Å².